The summed E-state index contributed by atoms with van der Waals surface area (Å²) >= 11 is 0. The third-order valence-corrected chi connectivity index (χ3v) is 4.94. The Morgan fingerprint density at radius 2 is 1.57 bits per heavy atom. The quantitative estimate of drug-likeness (QED) is 0.431. The molecule has 2 heterocycles. The van der Waals surface area contributed by atoms with Gasteiger partial charge in [0.25, 0.3) is 0 Å². The highest BCUT2D eigenvalue weighted by atomic mass is 19.1. The van der Waals surface area contributed by atoms with Crippen LogP contribution in [-0.2, 0) is 6.42 Å². The molecular weight excluding hydrogens is 375 g/mol. The van der Waals surface area contributed by atoms with Crippen LogP contribution in [0.15, 0.2) is 91.5 Å². The molecule has 4 aromatic rings. The lowest BCUT2D eigenvalue weighted by Crippen LogP contribution is -2.20. The molecule has 146 valence electrons. The Bertz CT molecular complexity index is 1130. The maximum absolute atomic E-state index is 13.8. The van der Waals surface area contributed by atoms with E-state index in [2.05, 4.69) is 20.9 Å². The molecule has 2 aromatic heterocycles. The topological polar surface area (TPSA) is 52.8 Å². The van der Waals surface area contributed by atoms with Crippen molar-refractivity contribution in [1.82, 2.24) is 9.97 Å². The van der Waals surface area contributed by atoms with Crippen LogP contribution in [0.1, 0.15) is 11.1 Å². The molecule has 0 aliphatic heterocycles. The second-order valence-electron chi connectivity index (χ2n) is 6.79. The molecule has 0 amide bonds. The first-order valence-electron chi connectivity index (χ1n) is 9.62. The fourth-order valence-corrected chi connectivity index (χ4v) is 3.46. The minimum absolute atomic E-state index is 0.0506. The molecular formula is C25H19FN4. The number of halogens is 1. The molecule has 5 heteroatoms. The van der Waals surface area contributed by atoms with E-state index in [9.17, 15) is 9.65 Å². The highest BCUT2D eigenvalue weighted by molar-refractivity contribution is 5.69. The lowest BCUT2D eigenvalue weighted by molar-refractivity contribution is 0.624. The van der Waals surface area contributed by atoms with Crippen molar-refractivity contribution in [3.8, 4) is 17.2 Å². The molecule has 0 radical (unpaired) electrons. The Hall–Kier alpha value is -4.04. The van der Waals surface area contributed by atoms with E-state index >= 15 is 0 Å². The standard InChI is InChI=1S/C25H19FN4/c26-25-10-9-20(15-21(25)16-27)24-8-2-1-5-19(24)11-14-30(22-6-3-12-28-17-22)23-7-4-13-29-18-23/h1-10,12-13,15,17-18H,11,14H2. The maximum atomic E-state index is 13.8. The van der Waals surface area contributed by atoms with Gasteiger partial charge in [-0.1, -0.05) is 30.3 Å². The van der Waals surface area contributed by atoms with Crippen LogP contribution in [0.5, 0.6) is 0 Å². The Balaban J connectivity index is 1.65. The van der Waals surface area contributed by atoms with E-state index in [1.54, 1.807) is 24.5 Å². The summed E-state index contributed by atoms with van der Waals surface area (Å²) in [6.45, 7) is 0.709. The van der Waals surface area contributed by atoms with Gasteiger partial charge in [0, 0.05) is 18.9 Å². The molecule has 0 bridgehead atoms. The second kappa shape index (κ2) is 8.97. The number of benzene rings is 2. The van der Waals surface area contributed by atoms with Crippen molar-refractivity contribution in [3.63, 3.8) is 0 Å². The first-order valence-corrected chi connectivity index (χ1v) is 9.62. The maximum Gasteiger partial charge on any atom is 0.140 e. The van der Waals surface area contributed by atoms with Gasteiger partial charge in [0.05, 0.1) is 29.3 Å². The fraction of sp³-hybridized carbons (Fsp3) is 0.0800. The van der Waals surface area contributed by atoms with Crippen LogP contribution < -0.4 is 4.90 Å². The summed E-state index contributed by atoms with van der Waals surface area (Å²) in [5.41, 5.74) is 4.96. The van der Waals surface area contributed by atoms with Crippen LogP contribution in [0.3, 0.4) is 0 Å². The normalized spacial score (nSPS) is 10.4. The van der Waals surface area contributed by atoms with Crippen molar-refractivity contribution in [2.45, 2.75) is 6.42 Å². The lowest BCUT2D eigenvalue weighted by atomic mass is 9.96. The van der Waals surface area contributed by atoms with Crippen LogP contribution in [0.25, 0.3) is 11.1 Å². The van der Waals surface area contributed by atoms with E-state index in [-0.39, 0.29) is 5.56 Å². The molecule has 0 spiro atoms. The Labute approximate surface area is 174 Å². The Kier molecular flexibility index (Phi) is 5.77. The average Bonchev–Trinajstić information content (AvgIpc) is 2.81. The molecule has 0 fully saturated rings. The van der Waals surface area contributed by atoms with Gasteiger partial charge in [-0.2, -0.15) is 5.26 Å². The average molecular weight is 394 g/mol. The molecule has 0 aliphatic carbocycles. The van der Waals surface area contributed by atoms with Crippen molar-refractivity contribution >= 4 is 11.4 Å². The minimum Gasteiger partial charge on any atom is -0.339 e. The van der Waals surface area contributed by atoms with Crippen molar-refractivity contribution in [1.29, 1.82) is 5.26 Å². The first kappa shape index (κ1) is 19.3. The number of nitrogens with zero attached hydrogens (tertiary/aromatic N) is 4. The monoisotopic (exact) mass is 394 g/mol. The number of anilines is 2. The van der Waals surface area contributed by atoms with Gasteiger partial charge < -0.3 is 4.90 Å². The molecule has 0 saturated heterocycles. The Morgan fingerprint density at radius 3 is 2.20 bits per heavy atom. The predicted molar refractivity (Wildman–Crippen MR) is 116 cm³/mol. The van der Waals surface area contributed by atoms with Gasteiger partial charge in [-0.25, -0.2) is 4.39 Å². The van der Waals surface area contributed by atoms with Crippen molar-refractivity contribution < 1.29 is 4.39 Å². The summed E-state index contributed by atoms with van der Waals surface area (Å²) in [5.74, 6) is -0.502. The molecule has 4 nitrogen and oxygen atoms in total. The van der Waals surface area contributed by atoms with Crippen LogP contribution in [0.2, 0.25) is 0 Å². The summed E-state index contributed by atoms with van der Waals surface area (Å²) in [7, 11) is 0. The summed E-state index contributed by atoms with van der Waals surface area (Å²) in [6, 6.07) is 22.5. The highest BCUT2D eigenvalue weighted by Gasteiger charge is 2.13. The van der Waals surface area contributed by atoms with Crippen LogP contribution in [0, 0.1) is 17.1 Å². The van der Waals surface area contributed by atoms with Crippen molar-refractivity contribution in [2.75, 3.05) is 11.4 Å². The van der Waals surface area contributed by atoms with Crippen molar-refractivity contribution in [3.05, 3.63) is 108 Å². The Morgan fingerprint density at radius 1 is 0.867 bits per heavy atom. The molecule has 4 rings (SSSR count). The zero-order valence-corrected chi connectivity index (χ0v) is 16.2. The second-order valence-corrected chi connectivity index (χ2v) is 6.79. The summed E-state index contributed by atoms with van der Waals surface area (Å²) in [4.78, 5) is 10.7. The minimum atomic E-state index is -0.502. The largest absolute Gasteiger partial charge is 0.339 e. The number of aromatic nitrogens is 2. The lowest BCUT2D eigenvalue weighted by Gasteiger charge is -2.25. The van der Waals surface area contributed by atoms with Crippen LogP contribution in [-0.4, -0.2) is 16.5 Å². The number of nitriles is 1. The molecule has 2 aromatic carbocycles. The van der Waals surface area contributed by atoms with Crippen LogP contribution in [0.4, 0.5) is 15.8 Å². The van der Waals surface area contributed by atoms with E-state index < -0.39 is 5.82 Å². The fourth-order valence-electron chi connectivity index (χ4n) is 3.46. The molecule has 0 aliphatic rings. The zero-order chi connectivity index (χ0) is 20.8. The number of pyridine rings is 2. The van der Waals surface area contributed by atoms with Gasteiger partial charge in [-0.15, -0.1) is 0 Å². The van der Waals surface area contributed by atoms with Gasteiger partial charge in [0.15, 0.2) is 0 Å². The van der Waals surface area contributed by atoms with E-state index in [1.165, 1.54) is 6.07 Å². The predicted octanol–water partition coefficient (Wildman–Crippen LogP) is 5.54. The van der Waals surface area contributed by atoms with Gasteiger partial charge in [-0.3, -0.25) is 9.97 Å². The smallest absolute Gasteiger partial charge is 0.140 e. The van der Waals surface area contributed by atoms with E-state index in [4.69, 9.17) is 0 Å². The third-order valence-electron chi connectivity index (χ3n) is 4.94. The van der Waals surface area contributed by atoms with Gasteiger partial charge in [-0.05, 0) is 59.5 Å². The molecule has 0 atom stereocenters. The molecule has 0 unspecified atom stereocenters. The number of hydrogen-bond acceptors (Lipinski definition) is 4. The van der Waals surface area contributed by atoms with E-state index in [1.807, 2.05) is 60.9 Å². The third kappa shape index (κ3) is 4.18. The first-order chi connectivity index (χ1) is 14.8. The summed E-state index contributed by atoms with van der Waals surface area (Å²) in [5, 5.41) is 9.18. The van der Waals surface area contributed by atoms with Gasteiger partial charge in [0.2, 0.25) is 0 Å². The van der Waals surface area contributed by atoms with E-state index in [0.29, 0.717) is 6.54 Å². The van der Waals surface area contributed by atoms with Crippen molar-refractivity contribution in [2.24, 2.45) is 0 Å². The highest BCUT2D eigenvalue weighted by Crippen LogP contribution is 2.28. The van der Waals surface area contributed by atoms with E-state index in [0.717, 1.165) is 34.5 Å². The van der Waals surface area contributed by atoms with Gasteiger partial charge in [0.1, 0.15) is 11.9 Å². The molecule has 0 N–H and O–H groups in total. The number of rotatable bonds is 6. The van der Waals surface area contributed by atoms with Gasteiger partial charge >= 0.3 is 0 Å². The zero-order valence-electron chi connectivity index (χ0n) is 16.2. The van der Waals surface area contributed by atoms with Crippen LogP contribution >= 0.6 is 0 Å². The molecule has 0 saturated carbocycles. The number of hydrogen-bond donors (Lipinski definition) is 0. The summed E-state index contributed by atoms with van der Waals surface area (Å²) in [6.07, 6.45) is 7.92. The SMILES string of the molecule is N#Cc1cc(-c2ccccc2CCN(c2cccnc2)c2cccnc2)ccc1F. The molecule has 30 heavy (non-hydrogen) atoms. The summed E-state index contributed by atoms with van der Waals surface area (Å²) < 4.78 is 13.8.